The molecule has 0 aliphatic rings. The average Bonchev–Trinajstić information content (AvgIpc) is 2.45. The van der Waals surface area contributed by atoms with E-state index >= 15 is 0 Å². The van der Waals surface area contributed by atoms with E-state index in [9.17, 15) is 5.11 Å². The first-order chi connectivity index (χ1) is 9.60. The van der Waals surface area contributed by atoms with Crippen molar-refractivity contribution in [3.8, 4) is 11.5 Å². The number of hydrogen-bond donors (Lipinski definition) is 2. The highest BCUT2D eigenvalue weighted by molar-refractivity contribution is 5.41. The van der Waals surface area contributed by atoms with Gasteiger partial charge in [-0.05, 0) is 37.1 Å². The van der Waals surface area contributed by atoms with Gasteiger partial charge in [-0.1, -0.05) is 35.9 Å². The highest BCUT2D eigenvalue weighted by atomic mass is 16.5. The molecule has 0 radical (unpaired) electrons. The summed E-state index contributed by atoms with van der Waals surface area (Å²) in [4.78, 5) is 0. The van der Waals surface area contributed by atoms with Gasteiger partial charge in [-0.2, -0.15) is 0 Å². The fourth-order valence-electron chi connectivity index (χ4n) is 2.09. The maximum Gasteiger partial charge on any atom is 0.160 e. The number of aromatic hydroxyl groups is 1. The minimum absolute atomic E-state index is 0.176. The van der Waals surface area contributed by atoms with Crippen molar-refractivity contribution >= 4 is 0 Å². The van der Waals surface area contributed by atoms with Crippen molar-refractivity contribution in [1.29, 1.82) is 0 Å². The molecule has 0 aliphatic carbocycles. The lowest BCUT2D eigenvalue weighted by Crippen LogP contribution is -2.18. The first-order valence-electron chi connectivity index (χ1n) is 6.76. The molecule has 0 unspecified atom stereocenters. The van der Waals surface area contributed by atoms with Crippen molar-refractivity contribution in [2.45, 2.75) is 26.4 Å². The van der Waals surface area contributed by atoms with Gasteiger partial charge in [0.25, 0.3) is 0 Å². The summed E-state index contributed by atoms with van der Waals surface area (Å²) in [6, 6.07) is 14.2. The molecule has 1 atom stereocenters. The summed E-state index contributed by atoms with van der Waals surface area (Å²) in [5, 5.41) is 13.2. The molecule has 2 aromatic carbocycles. The third-order valence-corrected chi connectivity index (χ3v) is 3.43. The summed E-state index contributed by atoms with van der Waals surface area (Å²) in [6.45, 7) is 4.92. The van der Waals surface area contributed by atoms with E-state index in [0.717, 1.165) is 5.56 Å². The number of phenols is 1. The zero-order valence-electron chi connectivity index (χ0n) is 12.2. The molecule has 0 saturated carbocycles. The van der Waals surface area contributed by atoms with Crippen molar-refractivity contribution < 1.29 is 9.84 Å². The molecule has 106 valence electrons. The first-order valence-corrected chi connectivity index (χ1v) is 6.76. The molecule has 2 aromatic rings. The number of rotatable bonds is 5. The van der Waals surface area contributed by atoms with Crippen LogP contribution < -0.4 is 10.1 Å². The van der Waals surface area contributed by atoms with Gasteiger partial charge < -0.3 is 15.2 Å². The van der Waals surface area contributed by atoms with Crippen molar-refractivity contribution in [3.05, 3.63) is 59.2 Å². The molecule has 0 spiro atoms. The van der Waals surface area contributed by atoms with Gasteiger partial charge in [0.2, 0.25) is 0 Å². The second-order valence-electron chi connectivity index (χ2n) is 5.02. The molecule has 3 nitrogen and oxygen atoms in total. The van der Waals surface area contributed by atoms with Crippen LogP contribution in [-0.2, 0) is 6.54 Å². The molecule has 2 N–H and O–H groups in total. The third-order valence-electron chi connectivity index (χ3n) is 3.43. The van der Waals surface area contributed by atoms with Gasteiger partial charge in [0.15, 0.2) is 11.5 Å². The number of nitrogens with one attached hydrogen (secondary N) is 1. The monoisotopic (exact) mass is 271 g/mol. The molecule has 0 bridgehead atoms. The number of ether oxygens (including phenoxy) is 1. The lowest BCUT2D eigenvalue weighted by molar-refractivity contribution is 0.373. The minimum atomic E-state index is 0.176. The van der Waals surface area contributed by atoms with Gasteiger partial charge in [0.05, 0.1) is 7.11 Å². The molecule has 2 rings (SSSR count). The van der Waals surface area contributed by atoms with E-state index in [1.165, 1.54) is 11.1 Å². The van der Waals surface area contributed by atoms with Crippen LogP contribution in [0.3, 0.4) is 0 Å². The molecular weight excluding hydrogens is 250 g/mol. The molecule has 3 heteroatoms. The maximum atomic E-state index is 9.75. The Bertz CT molecular complexity index is 564. The number of aryl methyl sites for hydroxylation is 1. The summed E-state index contributed by atoms with van der Waals surface area (Å²) in [5.41, 5.74) is 3.55. The molecule has 0 aromatic heterocycles. The van der Waals surface area contributed by atoms with Crippen molar-refractivity contribution in [3.63, 3.8) is 0 Å². The summed E-state index contributed by atoms with van der Waals surface area (Å²) in [7, 11) is 1.55. The van der Waals surface area contributed by atoms with Crippen LogP contribution in [0.15, 0.2) is 42.5 Å². The Balaban J connectivity index is 1.97. The Kier molecular flexibility index (Phi) is 4.64. The lowest BCUT2D eigenvalue weighted by Gasteiger charge is -2.15. The van der Waals surface area contributed by atoms with Crippen molar-refractivity contribution in [2.24, 2.45) is 0 Å². The van der Waals surface area contributed by atoms with Crippen LogP contribution in [0.25, 0.3) is 0 Å². The van der Waals surface area contributed by atoms with Crippen LogP contribution in [0, 0.1) is 6.92 Å². The largest absolute Gasteiger partial charge is 0.504 e. The zero-order valence-corrected chi connectivity index (χ0v) is 12.2. The van der Waals surface area contributed by atoms with Gasteiger partial charge in [0.1, 0.15) is 0 Å². The highest BCUT2D eigenvalue weighted by Crippen LogP contribution is 2.26. The smallest absolute Gasteiger partial charge is 0.160 e. The molecule has 0 aliphatic heterocycles. The van der Waals surface area contributed by atoms with Crippen molar-refractivity contribution in [1.82, 2.24) is 5.32 Å². The number of hydrogen-bond acceptors (Lipinski definition) is 3. The lowest BCUT2D eigenvalue weighted by atomic mass is 10.1. The van der Waals surface area contributed by atoms with E-state index in [4.69, 9.17) is 4.74 Å². The van der Waals surface area contributed by atoms with Crippen LogP contribution >= 0.6 is 0 Å². The maximum absolute atomic E-state index is 9.75. The molecular formula is C17H21NO2. The Morgan fingerprint density at radius 2 is 1.85 bits per heavy atom. The quantitative estimate of drug-likeness (QED) is 0.873. The zero-order chi connectivity index (χ0) is 14.5. The Labute approximate surface area is 120 Å². The van der Waals surface area contributed by atoms with Crippen LogP contribution in [0.4, 0.5) is 0 Å². The van der Waals surface area contributed by atoms with Gasteiger partial charge in [0, 0.05) is 12.6 Å². The number of phenolic OH excluding ortho intramolecular Hbond substituents is 1. The van der Waals surface area contributed by atoms with E-state index in [2.05, 4.69) is 43.4 Å². The predicted molar refractivity (Wildman–Crippen MR) is 81.1 cm³/mol. The van der Waals surface area contributed by atoms with Gasteiger partial charge in [-0.15, -0.1) is 0 Å². The second kappa shape index (κ2) is 6.44. The van der Waals surface area contributed by atoms with Crippen LogP contribution in [0.1, 0.15) is 29.7 Å². The third kappa shape index (κ3) is 3.52. The molecule has 20 heavy (non-hydrogen) atoms. The molecule has 0 saturated heterocycles. The molecule has 0 fully saturated rings. The van der Waals surface area contributed by atoms with Gasteiger partial charge in [-0.25, -0.2) is 0 Å². The predicted octanol–water partition coefficient (Wildman–Crippen LogP) is 3.56. The summed E-state index contributed by atoms with van der Waals surface area (Å²) in [5.74, 6) is 0.676. The van der Waals surface area contributed by atoms with Crippen LogP contribution in [0.2, 0.25) is 0 Å². The van der Waals surface area contributed by atoms with Crippen molar-refractivity contribution in [2.75, 3.05) is 7.11 Å². The van der Waals surface area contributed by atoms with E-state index in [0.29, 0.717) is 12.3 Å². The Morgan fingerprint density at radius 1 is 1.15 bits per heavy atom. The fraction of sp³-hybridized carbons (Fsp3) is 0.294. The second-order valence-corrected chi connectivity index (χ2v) is 5.02. The minimum Gasteiger partial charge on any atom is -0.504 e. The van der Waals surface area contributed by atoms with E-state index < -0.39 is 0 Å². The summed E-state index contributed by atoms with van der Waals surface area (Å²) >= 11 is 0. The SMILES string of the molecule is COc1ccc(CN[C@H](C)c2ccc(C)cc2)cc1O. The van der Waals surface area contributed by atoms with Crippen LogP contribution in [0.5, 0.6) is 11.5 Å². The topological polar surface area (TPSA) is 41.5 Å². The standard InChI is InChI=1S/C17H21NO2/c1-12-4-7-15(8-5-12)13(2)18-11-14-6-9-17(20-3)16(19)10-14/h4-10,13,18-19H,11H2,1-3H3/t13-/m1/s1. The first kappa shape index (κ1) is 14.4. The summed E-state index contributed by atoms with van der Waals surface area (Å²) < 4.78 is 5.04. The Hall–Kier alpha value is -2.00. The number of methoxy groups -OCH3 is 1. The number of benzene rings is 2. The van der Waals surface area contributed by atoms with E-state index in [1.54, 1.807) is 19.2 Å². The average molecular weight is 271 g/mol. The van der Waals surface area contributed by atoms with E-state index in [1.807, 2.05) is 6.07 Å². The molecule has 0 heterocycles. The summed E-state index contributed by atoms with van der Waals surface area (Å²) in [6.07, 6.45) is 0. The van der Waals surface area contributed by atoms with Crippen LogP contribution in [-0.4, -0.2) is 12.2 Å². The normalized spacial score (nSPS) is 12.2. The molecule has 0 amide bonds. The van der Waals surface area contributed by atoms with E-state index in [-0.39, 0.29) is 11.8 Å². The fourth-order valence-corrected chi connectivity index (χ4v) is 2.09. The van der Waals surface area contributed by atoms with Gasteiger partial charge >= 0.3 is 0 Å². The van der Waals surface area contributed by atoms with Gasteiger partial charge in [-0.3, -0.25) is 0 Å². The Morgan fingerprint density at radius 3 is 2.45 bits per heavy atom. The highest BCUT2D eigenvalue weighted by Gasteiger charge is 2.06.